The molecule has 0 saturated heterocycles. The van der Waals surface area contributed by atoms with Crippen molar-refractivity contribution in [3.05, 3.63) is 51.7 Å². The van der Waals surface area contributed by atoms with Gasteiger partial charge in [0.2, 0.25) is 0 Å². The number of nitrogen functional groups attached to an aromatic ring is 1. The molecule has 106 valence electrons. The van der Waals surface area contributed by atoms with Crippen LogP contribution in [0.25, 0.3) is 0 Å². The minimum Gasteiger partial charge on any atom is -0.496 e. The van der Waals surface area contributed by atoms with E-state index in [1.165, 1.54) is 5.56 Å². The summed E-state index contributed by atoms with van der Waals surface area (Å²) < 4.78 is 5.22. The van der Waals surface area contributed by atoms with Crippen LogP contribution in [0.1, 0.15) is 16.7 Å². The van der Waals surface area contributed by atoms with E-state index in [0.29, 0.717) is 11.3 Å². The fourth-order valence-corrected chi connectivity index (χ4v) is 2.79. The summed E-state index contributed by atoms with van der Waals surface area (Å²) in [6.45, 7) is 1.71. The van der Waals surface area contributed by atoms with E-state index in [1.54, 1.807) is 18.4 Å². The molecule has 3 N–H and O–H groups in total. The topological polar surface area (TPSA) is 62.3 Å². The van der Waals surface area contributed by atoms with Gasteiger partial charge in [-0.1, -0.05) is 6.07 Å². The first kappa shape index (κ1) is 14.6. The normalized spacial score (nSPS) is 10.8. The van der Waals surface area contributed by atoms with Crippen LogP contribution in [0.3, 0.4) is 0 Å². The highest BCUT2D eigenvalue weighted by atomic mass is 32.1. The maximum Gasteiger partial charge on any atom is 0.129 e. The summed E-state index contributed by atoms with van der Waals surface area (Å²) in [6, 6.07) is 7.93. The summed E-state index contributed by atoms with van der Waals surface area (Å²) >= 11 is 1.71. The molecule has 20 heavy (non-hydrogen) atoms. The molecule has 5 heteroatoms. The number of hydrogen-bond acceptors (Lipinski definition) is 4. The number of methoxy groups -OCH3 is 1. The standard InChI is InChI=1S/C15H19N3OS/c1-18(9-12-5-6-20-10-12)8-11-3-4-14(19-2)13(7-11)15(16)17/h3-7,10H,8-9H2,1-2H3,(H3,16,17). The summed E-state index contributed by atoms with van der Waals surface area (Å²) in [5, 5.41) is 11.8. The van der Waals surface area contributed by atoms with E-state index in [9.17, 15) is 0 Å². The molecule has 0 saturated carbocycles. The lowest BCUT2D eigenvalue weighted by Gasteiger charge is -2.17. The summed E-state index contributed by atoms with van der Waals surface area (Å²) in [4.78, 5) is 2.23. The molecule has 0 aliphatic carbocycles. The third-order valence-corrected chi connectivity index (χ3v) is 3.77. The number of thiophene rings is 1. The molecule has 0 aliphatic heterocycles. The van der Waals surface area contributed by atoms with Gasteiger partial charge in [-0.15, -0.1) is 0 Å². The monoisotopic (exact) mass is 289 g/mol. The van der Waals surface area contributed by atoms with Crippen molar-refractivity contribution in [2.24, 2.45) is 5.73 Å². The third-order valence-electron chi connectivity index (χ3n) is 3.04. The molecule has 0 aliphatic rings. The molecule has 0 spiro atoms. The second-order valence-corrected chi connectivity index (χ2v) is 5.53. The van der Waals surface area contributed by atoms with Gasteiger partial charge < -0.3 is 10.5 Å². The molecule has 1 aromatic heterocycles. The minimum atomic E-state index is 0.0317. The van der Waals surface area contributed by atoms with Crippen LogP contribution >= 0.6 is 11.3 Å². The number of nitrogens with one attached hydrogen (secondary N) is 1. The number of benzene rings is 1. The molecule has 0 radical (unpaired) electrons. The Morgan fingerprint density at radius 1 is 1.30 bits per heavy atom. The van der Waals surface area contributed by atoms with Gasteiger partial charge in [-0.05, 0) is 47.1 Å². The predicted molar refractivity (Wildman–Crippen MR) is 83.5 cm³/mol. The molecule has 0 unspecified atom stereocenters. The molecule has 2 rings (SSSR count). The van der Waals surface area contributed by atoms with Crippen LogP contribution in [-0.4, -0.2) is 24.9 Å². The van der Waals surface area contributed by atoms with Gasteiger partial charge in [-0.3, -0.25) is 10.3 Å². The Labute approximate surface area is 123 Å². The number of amidine groups is 1. The number of ether oxygens (including phenoxy) is 1. The zero-order valence-electron chi connectivity index (χ0n) is 11.7. The Bertz CT molecular complexity index is 581. The van der Waals surface area contributed by atoms with Crippen molar-refractivity contribution in [3.8, 4) is 5.75 Å². The predicted octanol–water partition coefficient (Wildman–Crippen LogP) is 2.67. The van der Waals surface area contributed by atoms with Crippen LogP contribution in [0, 0.1) is 5.41 Å². The fraction of sp³-hybridized carbons (Fsp3) is 0.267. The van der Waals surface area contributed by atoms with Crippen molar-refractivity contribution >= 4 is 17.2 Å². The molecular formula is C15H19N3OS. The first-order valence-electron chi connectivity index (χ1n) is 6.31. The Balaban J connectivity index is 2.09. The van der Waals surface area contributed by atoms with Gasteiger partial charge in [0.1, 0.15) is 11.6 Å². The van der Waals surface area contributed by atoms with Crippen molar-refractivity contribution in [1.82, 2.24) is 4.90 Å². The van der Waals surface area contributed by atoms with Crippen molar-refractivity contribution in [1.29, 1.82) is 5.41 Å². The van der Waals surface area contributed by atoms with E-state index in [4.69, 9.17) is 15.9 Å². The van der Waals surface area contributed by atoms with Gasteiger partial charge in [-0.2, -0.15) is 11.3 Å². The highest BCUT2D eigenvalue weighted by molar-refractivity contribution is 7.07. The second-order valence-electron chi connectivity index (χ2n) is 4.75. The zero-order valence-corrected chi connectivity index (χ0v) is 12.5. The summed E-state index contributed by atoms with van der Waals surface area (Å²) in [7, 11) is 3.67. The number of rotatable bonds is 6. The molecule has 0 bridgehead atoms. The molecule has 1 aromatic carbocycles. The maximum atomic E-state index is 7.60. The van der Waals surface area contributed by atoms with Crippen molar-refractivity contribution < 1.29 is 4.74 Å². The van der Waals surface area contributed by atoms with E-state index in [2.05, 4.69) is 28.8 Å². The van der Waals surface area contributed by atoms with E-state index < -0.39 is 0 Å². The van der Waals surface area contributed by atoms with Crippen LogP contribution in [0.2, 0.25) is 0 Å². The van der Waals surface area contributed by atoms with Crippen LogP contribution in [0.4, 0.5) is 0 Å². The SMILES string of the molecule is COc1ccc(CN(C)Cc2ccsc2)cc1C(=N)N. The molecule has 2 aromatic rings. The molecule has 4 nitrogen and oxygen atoms in total. The van der Waals surface area contributed by atoms with Crippen molar-refractivity contribution in [2.75, 3.05) is 14.2 Å². The first-order chi connectivity index (χ1) is 9.60. The van der Waals surface area contributed by atoms with E-state index in [1.807, 2.05) is 18.2 Å². The molecule has 1 heterocycles. The van der Waals surface area contributed by atoms with Crippen molar-refractivity contribution in [2.45, 2.75) is 13.1 Å². The fourth-order valence-electron chi connectivity index (χ4n) is 2.13. The molecule has 0 fully saturated rings. The quantitative estimate of drug-likeness (QED) is 0.635. The van der Waals surface area contributed by atoms with Gasteiger partial charge in [0, 0.05) is 13.1 Å². The summed E-state index contributed by atoms with van der Waals surface area (Å²) in [5.74, 6) is 0.672. The van der Waals surface area contributed by atoms with Gasteiger partial charge >= 0.3 is 0 Å². The van der Waals surface area contributed by atoms with E-state index >= 15 is 0 Å². The largest absolute Gasteiger partial charge is 0.496 e. The van der Waals surface area contributed by atoms with Gasteiger partial charge in [-0.25, -0.2) is 0 Å². The Kier molecular flexibility index (Phi) is 4.76. The number of hydrogen-bond donors (Lipinski definition) is 2. The van der Waals surface area contributed by atoms with Gasteiger partial charge in [0.25, 0.3) is 0 Å². The maximum absolute atomic E-state index is 7.60. The average molecular weight is 289 g/mol. The summed E-state index contributed by atoms with van der Waals surface area (Å²) in [5.41, 5.74) is 8.67. The molecule has 0 atom stereocenters. The lowest BCUT2D eigenvalue weighted by molar-refractivity contribution is 0.319. The lowest BCUT2D eigenvalue weighted by atomic mass is 10.1. The Hall–Kier alpha value is -1.85. The lowest BCUT2D eigenvalue weighted by Crippen LogP contribution is -2.18. The summed E-state index contributed by atoms with van der Waals surface area (Å²) in [6.07, 6.45) is 0. The van der Waals surface area contributed by atoms with Crippen LogP contribution in [0.5, 0.6) is 5.75 Å². The van der Waals surface area contributed by atoms with E-state index in [0.717, 1.165) is 18.7 Å². The van der Waals surface area contributed by atoms with Gasteiger partial charge in [0.15, 0.2) is 0 Å². The van der Waals surface area contributed by atoms with E-state index in [-0.39, 0.29) is 5.84 Å². The number of nitrogens with two attached hydrogens (primary N) is 1. The highest BCUT2D eigenvalue weighted by Gasteiger charge is 2.09. The Morgan fingerprint density at radius 3 is 2.65 bits per heavy atom. The minimum absolute atomic E-state index is 0.0317. The van der Waals surface area contributed by atoms with Crippen LogP contribution in [-0.2, 0) is 13.1 Å². The van der Waals surface area contributed by atoms with Crippen molar-refractivity contribution in [3.63, 3.8) is 0 Å². The van der Waals surface area contributed by atoms with Gasteiger partial charge in [0.05, 0.1) is 12.7 Å². The zero-order chi connectivity index (χ0) is 14.5. The first-order valence-corrected chi connectivity index (χ1v) is 7.25. The Morgan fingerprint density at radius 2 is 2.05 bits per heavy atom. The number of nitrogens with zero attached hydrogens (tertiary/aromatic N) is 1. The van der Waals surface area contributed by atoms with Crippen LogP contribution < -0.4 is 10.5 Å². The smallest absolute Gasteiger partial charge is 0.129 e. The van der Waals surface area contributed by atoms with Crippen LogP contribution in [0.15, 0.2) is 35.0 Å². The molecular weight excluding hydrogens is 270 g/mol. The average Bonchev–Trinajstić information content (AvgIpc) is 2.91. The molecule has 0 amide bonds. The highest BCUT2D eigenvalue weighted by Crippen LogP contribution is 2.20. The third kappa shape index (κ3) is 3.59. The second kappa shape index (κ2) is 6.54.